The highest BCUT2D eigenvalue weighted by Crippen LogP contribution is 2.21. The maximum atomic E-state index is 11.6. The Kier molecular flexibility index (Phi) is 8.04. The first-order chi connectivity index (χ1) is 7.67. The number of nitrogens with two attached hydrogens (primary N) is 1. The molecule has 3 N–H and O–H groups in total. The van der Waals surface area contributed by atoms with E-state index in [4.69, 9.17) is 5.73 Å². The average Bonchev–Trinajstić information content (AvgIpc) is 2.29. The van der Waals surface area contributed by atoms with E-state index < -0.39 is 0 Å². The Morgan fingerprint density at radius 2 is 2.24 bits per heavy atom. The second-order valence-electron chi connectivity index (χ2n) is 3.59. The van der Waals surface area contributed by atoms with E-state index in [9.17, 15) is 4.79 Å². The Bertz CT molecular complexity index is 360. The highest BCUT2D eigenvalue weighted by molar-refractivity contribution is 7.99. The van der Waals surface area contributed by atoms with Gasteiger partial charge in [0.2, 0.25) is 5.91 Å². The maximum Gasteiger partial charge on any atom is 0.228 e. The van der Waals surface area contributed by atoms with Crippen molar-refractivity contribution < 1.29 is 4.79 Å². The van der Waals surface area contributed by atoms with Crippen molar-refractivity contribution in [1.29, 1.82) is 0 Å². The van der Waals surface area contributed by atoms with Gasteiger partial charge in [0.25, 0.3) is 0 Å². The second-order valence-corrected chi connectivity index (χ2v) is 4.92. The molecule has 0 aliphatic carbocycles. The summed E-state index contributed by atoms with van der Waals surface area (Å²) in [4.78, 5) is 12.8. The van der Waals surface area contributed by atoms with Crippen molar-refractivity contribution >= 4 is 35.8 Å². The van der Waals surface area contributed by atoms with Crippen LogP contribution in [0.15, 0.2) is 29.2 Å². The smallest absolute Gasteiger partial charge is 0.228 e. The Labute approximate surface area is 113 Å². The maximum absolute atomic E-state index is 11.6. The number of benzene rings is 1. The third-order valence-electron chi connectivity index (χ3n) is 2.21. The fraction of sp³-hybridized carbons (Fsp3) is 0.417. The van der Waals surface area contributed by atoms with E-state index in [2.05, 4.69) is 12.2 Å². The van der Waals surface area contributed by atoms with Crippen LogP contribution in [0.25, 0.3) is 0 Å². The zero-order valence-corrected chi connectivity index (χ0v) is 11.7. The van der Waals surface area contributed by atoms with E-state index in [0.717, 1.165) is 11.4 Å². The molecule has 0 aliphatic heterocycles. The largest absolute Gasteiger partial charge is 0.330 e. The first-order valence-corrected chi connectivity index (χ1v) is 6.39. The number of hydrogen-bond donors (Lipinski definition) is 2. The first kappa shape index (κ1) is 16.3. The molecule has 0 saturated carbocycles. The summed E-state index contributed by atoms with van der Waals surface area (Å²) in [6, 6.07) is 7.85. The third-order valence-corrected chi connectivity index (χ3v) is 3.09. The predicted molar refractivity (Wildman–Crippen MR) is 76.9 cm³/mol. The molecule has 1 rings (SSSR count). The molecule has 0 heterocycles. The van der Waals surface area contributed by atoms with Gasteiger partial charge in [-0.2, -0.15) is 0 Å². The predicted octanol–water partition coefficient (Wildman–Crippen LogP) is 2.75. The number of rotatable bonds is 5. The number of hydrogen-bond acceptors (Lipinski definition) is 3. The van der Waals surface area contributed by atoms with E-state index in [1.807, 2.05) is 31.2 Å². The van der Waals surface area contributed by atoms with Gasteiger partial charge in [-0.1, -0.05) is 19.9 Å². The molecular weight excluding hydrogens is 256 g/mol. The lowest BCUT2D eigenvalue weighted by molar-refractivity contribution is -0.119. The number of carbonyl (C=O) groups is 1. The molecule has 0 aliphatic rings. The van der Waals surface area contributed by atoms with Gasteiger partial charge < -0.3 is 11.1 Å². The molecule has 0 radical (unpaired) electrons. The van der Waals surface area contributed by atoms with Crippen molar-refractivity contribution in [3.63, 3.8) is 0 Å². The summed E-state index contributed by atoms with van der Waals surface area (Å²) in [6.45, 7) is 4.29. The Hall–Kier alpha value is -0.710. The van der Waals surface area contributed by atoms with Gasteiger partial charge in [-0.15, -0.1) is 24.2 Å². The zero-order chi connectivity index (χ0) is 12.0. The highest BCUT2D eigenvalue weighted by Gasteiger charge is 2.10. The number of halogens is 1. The molecule has 1 atom stereocenters. The number of carbonyl (C=O) groups excluding carboxylic acids is 1. The molecule has 1 unspecified atom stereocenters. The Balaban J connectivity index is 0.00000256. The number of amides is 1. The minimum Gasteiger partial charge on any atom is -0.330 e. The van der Waals surface area contributed by atoms with Crippen LogP contribution in [-0.2, 0) is 4.79 Å². The Morgan fingerprint density at radius 3 is 2.82 bits per heavy atom. The molecule has 0 saturated heterocycles. The number of nitrogens with one attached hydrogen (secondary N) is 1. The van der Waals surface area contributed by atoms with Crippen molar-refractivity contribution in [2.24, 2.45) is 11.7 Å². The van der Waals surface area contributed by atoms with Crippen LogP contribution in [0.1, 0.15) is 13.8 Å². The zero-order valence-electron chi connectivity index (χ0n) is 10.1. The standard InChI is InChI=1S/C12H18N2OS.ClH/c1-3-16-11-6-4-5-10(7-11)14-12(15)9(2)8-13;/h4-7,9H,3,8,13H2,1-2H3,(H,14,15);1H. The van der Waals surface area contributed by atoms with Crippen molar-refractivity contribution in [2.75, 3.05) is 17.6 Å². The molecule has 3 nitrogen and oxygen atoms in total. The third kappa shape index (κ3) is 5.44. The monoisotopic (exact) mass is 274 g/mol. The minimum atomic E-state index is -0.150. The van der Waals surface area contributed by atoms with Gasteiger partial charge in [-0.05, 0) is 24.0 Å². The van der Waals surface area contributed by atoms with Crippen molar-refractivity contribution in [3.05, 3.63) is 24.3 Å². The molecule has 0 spiro atoms. The molecule has 17 heavy (non-hydrogen) atoms. The highest BCUT2D eigenvalue weighted by atomic mass is 35.5. The number of anilines is 1. The van der Waals surface area contributed by atoms with Crippen LogP contribution in [0.3, 0.4) is 0 Å². The first-order valence-electron chi connectivity index (χ1n) is 5.41. The van der Waals surface area contributed by atoms with Gasteiger partial charge in [0.05, 0.1) is 0 Å². The van der Waals surface area contributed by atoms with Crippen LogP contribution in [-0.4, -0.2) is 18.2 Å². The van der Waals surface area contributed by atoms with Crippen molar-refractivity contribution in [2.45, 2.75) is 18.7 Å². The van der Waals surface area contributed by atoms with Crippen LogP contribution in [0.4, 0.5) is 5.69 Å². The van der Waals surface area contributed by atoms with Crippen LogP contribution in [0, 0.1) is 5.92 Å². The van der Waals surface area contributed by atoms with Crippen LogP contribution in [0.2, 0.25) is 0 Å². The van der Waals surface area contributed by atoms with Crippen LogP contribution < -0.4 is 11.1 Å². The molecule has 1 aromatic rings. The minimum absolute atomic E-state index is 0. The van der Waals surface area contributed by atoms with Crippen molar-refractivity contribution in [3.8, 4) is 0 Å². The lowest BCUT2D eigenvalue weighted by atomic mass is 10.1. The SMILES string of the molecule is CCSc1cccc(NC(=O)C(C)CN)c1.Cl. The summed E-state index contributed by atoms with van der Waals surface area (Å²) >= 11 is 1.75. The average molecular weight is 275 g/mol. The van der Waals surface area contributed by atoms with Gasteiger partial charge in [0.1, 0.15) is 0 Å². The summed E-state index contributed by atoms with van der Waals surface area (Å²) < 4.78 is 0. The summed E-state index contributed by atoms with van der Waals surface area (Å²) in [5.74, 6) is 0.847. The van der Waals surface area contributed by atoms with E-state index in [1.54, 1.807) is 11.8 Å². The van der Waals surface area contributed by atoms with Gasteiger partial charge in [0, 0.05) is 23.0 Å². The Morgan fingerprint density at radius 1 is 1.53 bits per heavy atom. The molecule has 5 heteroatoms. The second kappa shape index (κ2) is 8.39. The summed E-state index contributed by atoms with van der Waals surface area (Å²) in [6.07, 6.45) is 0. The summed E-state index contributed by atoms with van der Waals surface area (Å²) in [5, 5.41) is 2.86. The molecular formula is C12H19ClN2OS. The van der Waals surface area contributed by atoms with E-state index in [1.165, 1.54) is 4.90 Å². The fourth-order valence-electron chi connectivity index (χ4n) is 1.20. The lowest BCUT2D eigenvalue weighted by Crippen LogP contribution is -2.26. The van der Waals surface area contributed by atoms with E-state index >= 15 is 0 Å². The normalized spacial score (nSPS) is 11.5. The quantitative estimate of drug-likeness (QED) is 0.812. The van der Waals surface area contributed by atoms with Gasteiger partial charge in [0.15, 0.2) is 0 Å². The van der Waals surface area contributed by atoms with E-state index in [0.29, 0.717) is 6.54 Å². The van der Waals surface area contributed by atoms with Gasteiger partial charge >= 0.3 is 0 Å². The van der Waals surface area contributed by atoms with Gasteiger partial charge in [-0.25, -0.2) is 0 Å². The molecule has 0 aromatic heterocycles. The van der Waals surface area contributed by atoms with Crippen LogP contribution in [0.5, 0.6) is 0 Å². The molecule has 1 amide bonds. The molecule has 96 valence electrons. The van der Waals surface area contributed by atoms with Crippen molar-refractivity contribution in [1.82, 2.24) is 0 Å². The summed E-state index contributed by atoms with van der Waals surface area (Å²) in [7, 11) is 0. The van der Waals surface area contributed by atoms with E-state index in [-0.39, 0.29) is 24.2 Å². The topological polar surface area (TPSA) is 55.1 Å². The molecule has 0 fully saturated rings. The molecule has 0 bridgehead atoms. The van der Waals surface area contributed by atoms with Crippen LogP contribution >= 0.6 is 24.2 Å². The van der Waals surface area contributed by atoms with Gasteiger partial charge in [-0.3, -0.25) is 4.79 Å². The fourth-order valence-corrected chi connectivity index (χ4v) is 1.92. The number of thioether (sulfide) groups is 1. The summed E-state index contributed by atoms with van der Waals surface area (Å²) in [5.41, 5.74) is 6.28. The lowest BCUT2D eigenvalue weighted by Gasteiger charge is -2.10. The molecule has 1 aromatic carbocycles.